The summed E-state index contributed by atoms with van der Waals surface area (Å²) in [5, 5.41) is 0. The van der Waals surface area contributed by atoms with Crippen molar-refractivity contribution in [3.8, 4) is 44.9 Å². The van der Waals surface area contributed by atoms with Crippen LogP contribution in [0, 0.1) is 0 Å². The van der Waals surface area contributed by atoms with E-state index in [1.807, 2.05) is 36.4 Å². The van der Waals surface area contributed by atoms with Crippen LogP contribution in [0.4, 0.5) is 17.1 Å². The standard InChI is InChI=1S/C81H75NO2/c1-5-58-37-44-65(45-38-58)83-53-25-9-7-23-51-80(60-27-13-11-14-28-60)74-35-21-18-32-68(74)71-49-42-63(56-77(71)80)82(62-41-48-70-67-31-17-20-34-73(67)79(3,4)76(70)55-62)64-43-50-72-69-33-19-22-36-75(69)81(78(72)57-64,61-29-15-12-16-30-61)52-24-8-10-26-54-84-66-46-39-59(6-2)40-47-66/h5-6,11-22,27-50,55-57H,1-2,7-10,23-26,51-54H2,3-4H3. The first-order chi connectivity index (χ1) is 41.3. The molecule has 84 heavy (non-hydrogen) atoms. The predicted octanol–water partition coefficient (Wildman–Crippen LogP) is 21.4. The van der Waals surface area contributed by atoms with Gasteiger partial charge in [0.25, 0.3) is 0 Å². The zero-order chi connectivity index (χ0) is 57.1. The van der Waals surface area contributed by atoms with E-state index in [1.165, 1.54) is 77.9 Å². The number of ether oxygens (including phenoxy) is 2. The van der Waals surface area contributed by atoms with Gasteiger partial charge in [0.2, 0.25) is 0 Å². The van der Waals surface area contributed by atoms with Crippen LogP contribution in [0.1, 0.15) is 134 Å². The highest BCUT2D eigenvalue weighted by Gasteiger charge is 2.47. The minimum absolute atomic E-state index is 0.177. The molecule has 10 aromatic carbocycles. The number of hydrogen-bond acceptors (Lipinski definition) is 3. The van der Waals surface area contributed by atoms with E-state index in [4.69, 9.17) is 9.47 Å². The van der Waals surface area contributed by atoms with Gasteiger partial charge < -0.3 is 14.4 Å². The summed E-state index contributed by atoms with van der Waals surface area (Å²) >= 11 is 0. The summed E-state index contributed by atoms with van der Waals surface area (Å²) in [5.41, 5.74) is 23.7. The monoisotopic (exact) mass is 1090 g/mol. The molecule has 3 aliphatic rings. The Balaban J connectivity index is 0.893. The molecule has 416 valence electrons. The maximum absolute atomic E-state index is 6.21. The van der Waals surface area contributed by atoms with Gasteiger partial charge in [-0.3, -0.25) is 0 Å². The van der Waals surface area contributed by atoms with Gasteiger partial charge in [0.15, 0.2) is 0 Å². The van der Waals surface area contributed by atoms with Gasteiger partial charge in [-0.2, -0.15) is 0 Å². The van der Waals surface area contributed by atoms with Gasteiger partial charge in [-0.1, -0.05) is 254 Å². The van der Waals surface area contributed by atoms with Crippen molar-refractivity contribution in [1.82, 2.24) is 0 Å². The molecule has 0 spiro atoms. The van der Waals surface area contributed by atoms with Gasteiger partial charge in [0.1, 0.15) is 11.5 Å². The van der Waals surface area contributed by atoms with Crippen LogP contribution in [-0.2, 0) is 16.2 Å². The van der Waals surface area contributed by atoms with E-state index in [0.29, 0.717) is 13.2 Å². The summed E-state index contributed by atoms with van der Waals surface area (Å²) in [6, 6.07) is 88.8. The van der Waals surface area contributed by atoms with Gasteiger partial charge >= 0.3 is 0 Å². The van der Waals surface area contributed by atoms with Crippen molar-refractivity contribution >= 4 is 29.2 Å². The normalized spacial score (nSPS) is 16.4. The van der Waals surface area contributed by atoms with Crippen LogP contribution >= 0.6 is 0 Å². The number of rotatable bonds is 23. The van der Waals surface area contributed by atoms with Crippen molar-refractivity contribution < 1.29 is 9.47 Å². The number of benzene rings is 10. The van der Waals surface area contributed by atoms with Crippen LogP contribution in [0.3, 0.4) is 0 Å². The fourth-order valence-electron chi connectivity index (χ4n) is 14.6. The molecule has 0 bridgehead atoms. The maximum Gasteiger partial charge on any atom is 0.119 e. The fourth-order valence-corrected chi connectivity index (χ4v) is 14.6. The molecule has 0 heterocycles. The molecule has 0 amide bonds. The second-order valence-corrected chi connectivity index (χ2v) is 23.9. The van der Waals surface area contributed by atoms with E-state index in [0.717, 1.165) is 104 Å². The minimum atomic E-state index is -0.356. The van der Waals surface area contributed by atoms with Crippen molar-refractivity contribution in [2.45, 2.75) is 94.3 Å². The molecular weight excluding hydrogens is 1020 g/mol. The SMILES string of the molecule is C=Cc1ccc(OCCCCCCC2(c3ccccc3)c3ccccc3-c3ccc(N(c4ccc5c(c4)C(C)(C)c4ccccc4-5)c4ccc5c(c4)C(CCCCCCOc4ccc(C=C)cc4)(c4ccccc4)c4ccccc4-5)cc32)cc1. The first-order valence-electron chi connectivity index (χ1n) is 30.7. The van der Waals surface area contributed by atoms with Crippen molar-refractivity contribution in [3.63, 3.8) is 0 Å². The summed E-state index contributed by atoms with van der Waals surface area (Å²) in [5.74, 6) is 1.83. The van der Waals surface area contributed by atoms with Crippen LogP contribution < -0.4 is 14.4 Å². The first-order valence-corrected chi connectivity index (χ1v) is 30.7. The number of nitrogens with zero attached hydrogens (tertiary/aromatic N) is 1. The zero-order valence-corrected chi connectivity index (χ0v) is 48.8. The molecule has 2 atom stereocenters. The summed E-state index contributed by atoms with van der Waals surface area (Å²) in [6.07, 6.45) is 14.3. The molecule has 13 rings (SSSR count). The van der Waals surface area contributed by atoms with Gasteiger partial charge in [-0.05, 0) is 175 Å². The molecule has 0 saturated heterocycles. The van der Waals surface area contributed by atoms with Crippen LogP contribution in [0.15, 0.2) is 250 Å². The van der Waals surface area contributed by atoms with Crippen LogP contribution in [0.2, 0.25) is 0 Å². The number of hydrogen-bond donors (Lipinski definition) is 0. The average molecular weight is 1090 g/mol. The Kier molecular flexibility index (Phi) is 15.1. The van der Waals surface area contributed by atoms with Crippen molar-refractivity contribution in [1.29, 1.82) is 0 Å². The van der Waals surface area contributed by atoms with E-state index in [2.05, 4.69) is 244 Å². The lowest BCUT2D eigenvalue weighted by Gasteiger charge is -2.36. The average Bonchev–Trinajstić information content (AvgIpc) is 2.47. The lowest BCUT2D eigenvalue weighted by molar-refractivity contribution is 0.303. The van der Waals surface area contributed by atoms with Crippen molar-refractivity contribution in [2.24, 2.45) is 0 Å². The molecule has 10 aromatic rings. The molecule has 0 fully saturated rings. The van der Waals surface area contributed by atoms with Gasteiger partial charge in [-0.15, -0.1) is 0 Å². The number of unbranched alkanes of at least 4 members (excludes halogenated alkanes) is 6. The third kappa shape index (κ3) is 9.78. The van der Waals surface area contributed by atoms with Gasteiger partial charge in [0, 0.05) is 33.3 Å². The quantitative estimate of drug-likeness (QED) is 0.0596. The highest BCUT2D eigenvalue weighted by molar-refractivity contribution is 5.92. The lowest BCUT2D eigenvalue weighted by Crippen LogP contribution is -2.28. The Morgan fingerprint density at radius 3 is 1.11 bits per heavy atom. The topological polar surface area (TPSA) is 21.7 Å². The Labute approximate surface area is 498 Å². The zero-order valence-electron chi connectivity index (χ0n) is 48.8. The van der Waals surface area contributed by atoms with Gasteiger partial charge in [-0.25, -0.2) is 0 Å². The maximum atomic E-state index is 6.21. The van der Waals surface area contributed by atoms with Crippen LogP contribution in [0.5, 0.6) is 11.5 Å². The van der Waals surface area contributed by atoms with Crippen molar-refractivity contribution in [2.75, 3.05) is 18.1 Å². The minimum Gasteiger partial charge on any atom is -0.494 e. The lowest BCUT2D eigenvalue weighted by atomic mass is 9.69. The molecule has 0 aliphatic heterocycles. The smallest absolute Gasteiger partial charge is 0.119 e. The molecule has 3 aliphatic carbocycles. The summed E-state index contributed by atoms with van der Waals surface area (Å²) in [4.78, 5) is 2.59. The highest BCUT2D eigenvalue weighted by Crippen LogP contribution is 2.59. The largest absolute Gasteiger partial charge is 0.494 e. The molecule has 3 nitrogen and oxygen atoms in total. The third-order valence-corrected chi connectivity index (χ3v) is 18.8. The van der Waals surface area contributed by atoms with E-state index in [1.54, 1.807) is 0 Å². The first kappa shape index (κ1) is 54.3. The van der Waals surface area contributed by atoms with E-state index >= 15 is 0 Å². The second-order valence-electron chi connectivity index (χ2n) is 23.9. The fraction of sp³-hybridized carbons (Fsp3) is 0.210. The Morgan fingerprint density at radius 1 is 0.333 bits per heavy atom. The molecular formula is C81H75NO2. The molecule has 0 saturated carbocycles. The molecule has 2 unspecified atom stereocenters. The Bertz CT molecular complexity index is 3780. The van der Waals surface area contributed by atoms with Gasteiger partial charge in [0.05, 0.1) is 13.2 Å². The molecule has 3 heteroatoms. The summed E-state index contributed by atoms with van der Waals surface area (Å²) < 4.78 is 12.4. The van der Waals surface area contributed by atoms with E-state index in [-0.39, 0.29) is 16.2 Å². The highest BCUT2D eigenvalue weighted by atomic mass is 16.5. The third-order valence-electron chi connectivity index (χ3n) is 18.8. The molecule has 0 radical (unpaired) electrons. The Morgan fingerprint density at radius 2 is 0.679 bits per heavy atom. The second kappa shape index (κ2) is 23.4. The molecule has 0 N–H and O–H groups in total. The summed E-state index contributed by atoms with van der Waals surface area (Å²) in [6.45, 7) is 14.0. The van der Waals surface area contributed by atoms with E-state index < -0.39 is 0 Å². The van der Waals surface area contributed by atoms with Crippen molar-refractivity contribution in [3.05, 3.63) is 305 Å². The Hall–Kier alpha value is -8.92. The predicted molar refractivity (Wildman–Crippen MR) is 352 cm³/mol. The molecule has 0 aromatic heterocycles. The summed E-state index contributed by atoms with van der Waals surface area (Å²) in [7, 11) is 0. The van der Waals surface area contributed by atoms with E-state index in [9.17, 15) is 0 Å². The van der Waals surface area contributed by atoms with Crippen LogP contribution in [0.25, 0.3) is 45.5 Å². The van der Waals surface area contributed by atoms with Crippen LogP contribution in [-0.4, -0.2) is 13.2 Å². The number of anilines is 3. The number of fused-ring (bicyclic) bond motifs is 9.